The minimum absolute atomic E-state index is 0.0376. The molecule has 3 aromatic rings. The largest absolute Gasteiger partial charge is 0.481 e. The van der Waals surface area contributed by atoms with Gasteiger partial charge < -0.3 is 20.6 Å². The molecule has 3 rings (SSSR count). The van der Waals surface area contributed by atoms with E-state index in [0.29, 0.717) is 12.2 Å². The van der Waals surface area contributed by atoms with Crippen LogP contribution >= 0.6 is 0 Å². The molecule has 0 fully saturated rings. The highest BCUT2D eigenvalue weighted by Crippen LogP contribution is 2.19. The number of hydrogen-bond acceptors (Lipinski definition) is 6. The van der Waals surface area contributed by atoms with Gasteiger partial charge in [-0.1, -0.05) is 25.5 Å². The van der Waals surface area contributed by atoms with Crippen LogP contribution in [0.5, 0.6) is 6.01 Å². The summed E-state index contributed by atoms with van der Waals surface area (Å²) in [5.74, 6) is -1.68. The van der Waals surface area contributed by atoms with Crippen LogP contribution in [-0.2, 0) is 17.8 Å². The van der Waals surface area contributed by atoms with E-state index in [-0.39, 0.29) is 35.1 Å². The fourth-order valence-electron chi connectivity index (χ4n) is 2.76. The standard InChI is InChI=1S/C18H20FN5O4/c1-2-3-6-28-17-22-15(20)14-16(23-17)24(18(27)21-14)9-10-4-5-12(19)11(7-10)8-13(25)26/h4-5,7H,2-3,6,8-9H2,1H3,(H,21,27)(H,25,26)(H2,20,22,23). The van der Waals surface area contributed by atoms with Crippen LogP contribution in [0, 0.1) is 5.82 Å². The Morgan fingerprint density at radius 3 is 2.89 bits per heavy atom. The van der Waals surface area contributed by atoms with E-state index in [1.807, 2.05) is 6.92 Å². The number of nitrogens with two attached hydrogens (primary N) is 1. The number of benzene rings is 1. The molecule has 2 heterocycles. The van der Waals surface area contributed by atoms with E-state index in [1.54, 1.807) is 0 Å². The second kappa shape index (κ2) is 8.07. The number of aromatic amines is 1. The van der Waals surface area contributed by atoms with Crippen LogP contribution in [0.15, 0.2) is 23.0 Å². The Balaban J connectivity index is 1.97. The molecule has 0 spiro atoms. The number of H-pyrrole nitrogens is 1. The van der Waals surface area contributed by atoms with Gasteiger partial charge in [-0.05, 0) is 23.6 Å². The number of imidazole rings is 1. The summed E-state index contributed by atoms with van der Waals surface area (Å²) < 4.78 is 20.6. The van der Waals surface area contributed by atoms with Crippen molar-refractivity contribution in [3.63, 3.8) is 0 Å². The molecule has 28 heavy (non-hydrogen) atoms. The normalized spacial score (nSPS) is 11.1. The quantitative estimate of drug-likeness (QED) is 0.499. The molecule has 0 saturated carbocycles. The zero-order valence-electron chi connectivity index (χ0n) is 15.2. The van der Waals surface area contributed by atoms with Crippen molar-refractivity contribution < 1.29 is 19.0 Å². The molecule has 0 unspecified atom stereocenters. The number of fused-ring (bicyclic) bond motifs is 1. The summed E-state index contributed by atoms with van der Waals surface area (Å²) in [6.07, 6.45) is 1.31. The average molecular weight is 389 g/mol. The maximum atomic E-state index is 13.8. The molecule has 0 amide bonds. The van der Waals surface area contributed by atoms with Gasteiger partial charge in [0.2, 0.25) is 0 Å². The molecular formula is C18H20FN5O4. The third-order valence-corrected chi connectivity index (χ3v) is 4.15. The predicted octanol–water partition coefficient (Wildman–Crippen LogP) is 1.70. The number of nitrogens with one attached hydrogen (secondary N) is 1. The summed E-state index contributed by atoms with van der Waals surface area (Å²) in [5.41, 5.74) is 6.56. The average Bonchev–Trinajstić information content (AvgIpc) is 2.94. The summed E-state index contributed by atoms with van der Waals surface area (Å²) >= 11 is 0. The van der Waals surface area contributed by atoms with Gasteiger partial charge >= 0.3 is 17.7 Å². The molecule has 0 aliphatic rings. The Hall–Kier alpha value is -3.43. The van der Waals surface area contributed by atoms with Gasteiger partial charge in [0.15, 0.2) is 11.5 Å². The molecule has 0 aliphatic carbocycles. The number of nitrogen functional groups attached to an aromatic ring is 1. The maximum absolute atomic E-state index is 13.8. The summed E-state index contributed by atoms with van der Waals surface area (Å²) in [6.45, 7) is 2.50. The lowest BCUT2D eigenvalue weighted by Gasteiger charge is -2.08. The van der Waals surface area contributed by atoms with E-state index in [4.69, 9.17) is 15.6 Å². The lowest BCUT2D eigenvalue weighted by Crippen LogP contribution is -2.18. The Morgan fingerprint density at radius 2 is 2.18 bits per heavy atom. The second-order valence-electron chi connectivity index (χ2n) is 6.30. The molecule has 4 N–H and O–H groups in total. The minimum Gasteiger partial charge on any atom is -0.481 e. The van der Waals surface area contributed by atoms with Gasteiger partial charge in [0.25, 0.3) is 0 Å². The summed E-state index contributed by atoms with van der Waals surface area (Å²) in [7, 11) is 0. The molecule has 0 saturated heterocycles. The molecule has 0 radical (unpaired) electrons. The Labute approximate surface area is 159 Å². The van der Waals surface area contributed by atoms with Crippen LogP contribution in [0.3, 0.4) is 0 Å². The van der Waals surface area contributed by atoms with E-state index in [1.165, 1.54) is 22.8 Å². The van der Waals surface area contributed by atoms with E-state index >= 15 is 0 Å². The van der Waals surface area contributed by atoms with Crippen LogP contribution in [0.25, 0.3) is 11.2 Å². The number of carboxylic acid groups (broad SMARTS) is 1. The minimum atomic E-state index is -1.14. The first-order valence-electron chi connectivity index (χ1n) is 8.77. The molecule has 0 atom stereocenters. The van der Waals surface area contributed by atoms with Gasteiger partial charge in [0, 0.05) is 0 Å². The van der Waals surface area contributed by atoms with E-state index in [9.17, 15) is 14.0 Å². The first kappa shape index (κ1) is 19.3. The molecule has 1 aromatic carbocycles. The van der Waals surface area contributed by atoms with Crippen LogP contribution < -0.4 is 16.2 Å². The third-order valence-electron chi connectivity index (χ3n) is 4.15. The number of unbranched alkanes of at least 4 members (excludes halogenated alkanes) is 1. The van der Waals surface area contributed by atoms with Crippen molar-refractivity contribution in [3.8, 4) is 6.01 Å². The van der Waals surface area contributed by atoms with Crippen LogP contribution in [0.1, 0.15) is 30.9 Å². The van der Waals surface area contributed by atoms with Crippen molar-refractivity contribution in [3.05, 3.63) is 45.6 Å². The second-order valence-corrected chi connectivity index (χ2v) is 6.30. The number of nitrogens with zero attached hydrogens (tertiary/aromatic N) is 3. The molecule has 9 nitrogen and oxygen atoms in total. The van der Waals surface area contributed by atoms with Crippen LogP contribution in [0.4, 0.5) is 10.2 Å². The first-order chi connectivity index (χ1) is 13.4. The number of anilines is 1. The Bertz CT molecular complexity index is 1080. The molecule has 148 valence electrons. The molecule has 10 heteroatoms. The van der Waals surface area contributed by atoms with Crippen molar-refractivity contribution in [1.29, 1.82) is 0 Å². The highest BCUT2D eigenvalue weighted by atomic mass is 19.1. The highest BCUT2D eigenvalue weighted by Gasteiger charge is 2.16. The Kier molecular flexibility index (Phi) is 5.57. The van der Waals surface area contributed by atoms with E-state index in [2.05, 4.69) is 15.0 Å². The number of carboxylic acids is 1. The van der Waals surface area contributed by atoms with Crippen molar-refractivity contribution in [2.75, 3.05) is 12.3 Å². The number of aromatic nitrogens is 4. The van der Waals surface area contributed by atoms with Crippen molar-refractivity contribution in [2.45, 2.75) is 32.7 Å². The lowest BCUT2D eigenvalue weighted by molar-refractivity contribution is -0.136. The van der Waals surface area contributed by atoms with Crippen LogP contribution in [-0.4, -0.2) is 37.2 Å². The zero-order valence-corrected chi connectivity index (χ0v) is 15.2. The van der Waals surface area contributed by atoms with Gasteiger partial charge in [-0.25, -0.2) is 9.18 Å². The molecule has 2 aromatic heterocycles. The summed E-state index contributed by atoms with van der Waals surface area (Å²) in [6, 6.07) is 4.14. The first-order valence-corrected chi connectivity index (χ1v) is 8.77. The van der Waals surface area contributed by atoms with Crippen molar-refractivity contribution >= 4 is 23.0 Å². The lowest BCUT2D eigenvalue weighted by atomic mass is 10.1. The van der Waals surface area contributed by atoms with E-state index in [0.717, 1.165) is 12.8 Å². The maximum Gasteiger partial charge on any atom is 0.328 e. The van der Waals surface area contributed by atoms with Gasteiger partial charge in [0.05, 0.1) is 19.6 Å². The number of aliphatic carboxylic acids is 1. The number of rotatable bonds is 8. The van der Waals surface area contributed by atoms with Gasteiger partial charge in [0.1, 0.15) is 11.3 Å². The fraction of sp³-hybridized carbons (Fsp3) is 0.333. The van der Waals surface area contributed by atoms with Gasteiger partial charge in [-0.2, -0.15) is 9.97 Å². The zero-order chi connectivity index (χ0) is 20.3. The predicted molar refractivity (Wildman–Crippen MR) is 99.8 cm³/mol. The monoisotopic (exact) mass is 389 g/mol. The summed E-state index contributed by atoms with van der Waals surface area (Å²) in [4.78, 5) is 34.2. The van der Waals surface area contributed by atoms with Crippen molar-refractivity contribution in [1.82, 2.24) is 19.5 Å². The molecule has 0 aliphatic heterocycles. The Morgan fingerprint density at radius 1 is 1.39 bits per heavy atom. The van der Waals surface area contributed by atoms with Gasteiger partial charge in [-0.3, -0.25) is 9.36 Å². The highest BCUT2D eigenvalue weighted by molar-refractivity contribution is 5.82. The van der Waals surface area contributed by atoms with E-state index < -0.39 is 23.9 Å². The third kappa shape index (κ3) is 4.11. The van der Waals surface area contributed by atoms with Crippen molar-refractivity contribution in [2.24, 2.45) is 0 Å². The topological polar surface area (TPSA) is 136 Å². The fourth-order valence-corrected chi connectivity index (χ4v) is 2.76. The smallest absolute Gasteiger partial charge is 0.328 e. The number of halogens is 1. The number of hydrogen-bond donors (Lipinski definition) is 3. The van der Waals surface area contributed by atoms with Gasteiger partial charge in [-0.15, -0.1) is 0 Å². The molecule has 0 bridgehead atoms. The number of ether oxygens (including phenoxy) is 1. The summed E-state index contributed by atoms with van der Waals surface area (Å²) in [5, 5.41) is 8.90. The number of carbonyl (C=O) groups is 1. The molecular weight excluding hydrogens is 369 g/mol. The SMILES string of the molecule is CCCCOc1nc(N)c2[nH]c(=O)n(Cc3ccc(F)c(CC(=O)O)c3)c2n1. The van der Waals surface area contributed by atoms with Crippen LogP contribution in [0.2, 0.25) is 0 Å².